The number of hydrogen-bond donors (Lipinski definition) is 2. The summed E-state index contributed by atoms with van der Waals surface area (Å²) in [6, 6.07) is 12.9. The third kappa shape index (κ3) is 2.64. The van der Waals surface area contributed by atoms with Crippen LogP contribution >= 0.6 is 11.6 Å². The van der Waals surface area contributed by atoms with Crippen molar-refractivity contribution in [3.63, 3.8) is 0 Å². The Morgan fingerprint density at radius 2 is 1.83 bits per heavy atom. The van der Waals surface area contributed by atoms with Crippen LogP contribution in [0.1, 0.15) is 20.7 Å². The fourth-order valence-corrected chi connectivity index (χ4v) is 2.74. The van der Waals surface area contributed by atoms with Crippen LogP contribution in [0.4, 0.5) is 0 Å². The van der Waals surface area contributed by atoms with Gasteiger partial charge in [0.05, 0.1) is 11.1 Å². The van der Waals surface area contributed by atoms with Crippen LogP contribution in [-0.4, -0.2) is 22.5 Å². The lowest BCUT2D eigenvalue weighted by Crippen LogP contribution is -1.96. The Hall–Kier alpha value is -2.85. The van der Waals surface area contributed by atoms with Crippen LogP contribution in [-0.2, 0) is 0 Å². The number of hydrogen-bond acceptors (Lipinski definition) is 3. The molecule has 4 nitrogen and oxygen atoms in total. The maximum Gasteiger partial charge on any atom is 0.335 e. The molecule has 0 aromatic heterocycles. The predicted octanol–water partition coefficient (Wildman–Crippen LogP) is 4.38. The largest absolute Gasteiger partial charge is 0.507 e. The highest BCUT2D eigenvalue weighted by molar-refractivity contribution is 6.33. The van der Waals surface area contributed by atoms with Crippen LogP contribution in [0.2, 0.25) is 5.02 Å². The van der Waals surface area contributed by atoms with Gasteiger partial charge in [0.25, 0.3) is 0 Å². The molecule has 3 aromatic rings. The Kier molecular flexibility index (Phi) is 3.76. The summed E-state index contributed by atoms with van der Waals surface area (Å²) in [6.45, 7) is 0. The molecule has 0 heterocycles. The summed E-state index contributed by atoms with van der Waals surface area (Å²) in [4.78, 5) is 22.2. The smallest absolute Gasteiger partial charge is 0.335 e. The van der Waals surface area contributed by atoms with E-state index in [1.165, 1.54) is 24.3 Å². The molecule has 5 heteroatoms. The molecular weight excluding hydrogens is 316 g/mol. The van der Waals surface area contributed by atoms with Crippen molar-refractivity contribution in [2.24, 2.45) is 0 Å². The van der Waals surface area contributed by atoms with Crippen molar-refractivity contribution in [2.75, 3.05) is 0 Å². The number of carbonyl (C=O) groups is 2. The van der Waals surface area contributed by atoms with Gasteiger partial charge in [0.2, 0.25) is 0 Å². The maximum absolute atomic E-state index is 11.1. The van der Waals surface area contributed by atoms with Gasteiger partial charge < -0.3 is 10.2 Å². The molecule has 0 aliphatic heterocycles. The fraction of sp³-hybridized carbons (Fsp3) is 0. The highest BCUT2D eigenvalue weighted by Gasteiger charge is 2.11. The lowest BCUT2D eigenvalue weighted by Gasteiger charge is -2.09. The molecule has 3 rings (SSSR count). The van der Waals surface area contributed by atoms with Crippen molar-refractivity contribution in [1.82, 2.24) is 0 Å². The third-order valence-corrected chi connectivity index (χ3v) is 4.01. The number of aldehydes is 1. The topological polar surface area (TPSA) is 74.6 Å². The SMILES string of the molecule is O=Cc1c(O)ccc2cc(-c3cc(C(=O)O)ccc3Cl)ccc12. The number of fused-ring (bicyclic) bond motifs is 1. The molecule has 0 saturated heterocycles. The lowest BCUT2D eigenvalue weighted by atomic mass is 9.97. The Morgan fingerprint density at radius 3 is 2.52 bits per heavy atom. The van der Waals surface area contributed by atoms with E-state index in [2.05, 4.69) is 0 Å². The zero-order chi connectivity index (χ0) is 16.6. The number of carbonyl (C=O) groups excluding carboxylic acids is 1. The summed E-state index contributed by atoms with van der Waals surface area (Å²) in [6.07, 6.45) is 0.607. The monoisotopic (exact) mass is 326 g/mol. The molecule has 0 aliphatic carbocycles. The molecular formula is C18H11ClO4. The molecule has 3 aromatic carbocycles. The number of aromatic hydroxyl groups is 1. The molecule has 23 heavy (non-hydrogen) atoms. The van der Waals surface area contributed by atoms with Gasteiger partial charge in [0, 0.05) is 10.6 Å². The van der Waals surface area contributed by atoms with Gasteiger partial charge in [-0.3, -0.25) is 4.79 Å². The number of phenolic OH excluding ortho intramolecular Hbond substituents is 1. The highest BCUT2D eigenvalue weighted by Crippen LogP contribution is 2.33. The van der Waals surface area contributed by atoms with Crippen molar-refractivity contribution in [2.45, 2.75) is 0 Å². The van der Waals surface area contributed by atoms with Crippen LogP contribution in [0, 0.1) is 0 Å². The van der Waals surface area contributed by atoms with Gasteiger partial charge in [-0.05, 0) is 46.7 Å². The van der Waals surface area contributed by atoms with Crippen molar-refractivity contribution >= 4 is 34.6 Å². The molecule has 0 saturated carbocycles. The predicted molar refractivity (Wildman–Crippen MR) is 88.4 cm³/mol. The van der Waals surface area contributed by atoms with Gasteiger partial charge in [0.15, 0.2) is 6.29 Å². The normalized spacial score (nSPS) is 10.7. The van der Waals surface area contributed by atoms with Gasteiger partial charge in [-0.1, -0.05) is 29.8 Å². The summed E-state index contributed by atoms with van der Waals surface area (Å²) >= 11 is 6.18. The summed E-state index contributed by atoms with van der Waals surface area (Å²) < 4.78 is 0. The van der Waals surface area contributed by atoms with Gasteiger partial charge in [-0.15, -0.1) is 0 Å². The van der Waals surface area contributed by atoms with Crippen LogP contribution < -0.4 is 0 Å². The van der Waals surface area contributed by atoms with Crippen molar-refractivity contribution in [1.29, 1.82) is 0 Å². The molecule has 2 N–H and O–H groups in total. The zero-order valence-corrected chi connectivity index (χ0v) is 12.5. The van der Waals surface area contributed by atoms with Crippen molar-refractivity contribution < 1.29 is 19.8 Å². The first-order valence-corrected chi connectivity index (χ1v) is 7.13. The standard InChI is InChI=1S/C18H11ClO4/c19-16-5-2-12(18(22)23)8-14(16)11-1-4-13-10(7-11)3-6-17(21)15(13)9-20/h1-9,21H,(H,22,23). The molecule has 114 valence electrons. The molecule has 0 fully saturated rings. The van der Waals surface area contributed by atoms with Crippen LogP contribution in [0.25, 0.3) is 21.9 Å². The Labute approximate surface area is 136 Å². The molecule has 0 radical (unpaired) electrons. The molecule has 0 unspecified atom stereocenters. The summed E-state index contributed by atoms with van der Waals surface area (Å²) in [5.41, 5.74) is 1.69. The van der Waals surface area contributed by atoms with E-state index in [0.29, 0.717) is 22.3 Å². The summed E-state index contributed by atoms with van der Waals surface area (Å²) in [7, 11) is 0. The number of benzene rings is 3. The van der Waals surface area contributed by atoms with E-state index >= 15 is 0 Å². The third-order valence-electron chi connectivity index (χ3n) is 3.68. The quantitative estimate of drug-likeness (QED) is 0.700. The lowest BCUT2D eigenvalue weighted by molar-refractivity contribution is 0.0696. The highest BCUT2D eigenvalue weighted by atomic mass is 35.5. The first-order valence-electron chi connectivity index (χ1n) is 6.75. The second-order valence-corrected chi connectivity index (χ2v) is 5.46. The minimum Gasteiger partial charge on any atom is -0.507 e. The minimum absolute atomic E-state index is 0.0776. The first-order chi connectivity index (χ1) is 11.0. The van der Waals surface area contributed by atoms with Crippen molar-refractivity contribution in [3.05, 3.63) is 64.7 Å². The average molecular weight is 327 g/mol. The summed E-state index contributed by atoms with van der Waals surface area (Å²) in [5, 5.41) is 20.6. The van der Waals surface area contributed by atoms with Gasteiger partial charge >= 0.3 is 5.97 Å². The zero-order valence-electron chi connectivity index (χ0n) is 11.8. The van der Waals surface area contributed by atoms with E-state index in [1.807, 2.05) is 0 Å². The number of rotatable bonds is 3. The first kappa shape index (κ1) is 15.1. The minimum atomic E-state index is -1.03. The molecule has 0 aliphatic rings. The van der Waals surface area contributed by atoms with E-state index in [1.54, 1.807) is 24.3 Å². The van der Waals surface area contributed by atoms with Crippen LogP contribution in [0.3, 0.4) is 0 Å². The van der Waals surface area contributed by atoms with E-state index in [-0.39, 0.29) is 16.9 Å². The average Bonchev–Trinajstić information content (AvgIpc) is 2.54. The van der Waals surface area contributed by atoms with Gasteiger partial charge in [-0.25, -0.2) is 4.79 Å². The Balaban J connectivity index is 2.22. The number of phenols is 1. The van der Waals surface area contributed by atoms with Gasteiger partial charge in [-0.2, -0.15) is 0 Å². The number of halogens is 1. The Morgan fingerprint density at radius 1 is 1.04 bits per heavy atom. The van der Waals surface area contributed by atoms with Gasteiger partial charge in [0.1, 0.15) is 5.75 Å². The molecule has 0 spiro atoms. The number of aromatic carboxylic acids is 1. The number of carboxylic acids is 1. The fourth-order valence-electron chi connectivity index (χ4n) is 2.51. The van der Waals surface area contributed by atoms with Crippen LogP contribution in [0.5, 0.6) is 5.75 Å². The molecule has 0 atom stereocenters. The molecule has 0 amide bonds. The van der Waals surface area contributed by atoms with Crippen LogP contribution in [0.15, 0.2) is 48.5 Å². The van der Waals surface area contributed by atoms with E-state index in [9.17, 15) is 14.7 Å². The van der Waals surface area contributed by atoms with E-state index in [0.717, 1.165) is 10.9 Å². The second-order valence-electron chi connectivity index (χ2n) is 5.05. The number of carboxylic acid groups (broad SMARTS) is 1. The molecule has 0 bridgehead atoms. The second kappa shape index (κ2) is 5.74. The Bertz CT molecular complexity index is 947. The van der Waals surface area contributed by atoms with E-state index < -0.39 is 5.97 Å². The maximum atomic E-state index is 11.1. The summed E-state index contributed by atoms with van der Waals surface area (Å²) in [5.74, 6) is -1.11. The van der Waals surface area contributed by atoms with Crippen molar-refractivity contribution in [3.8, 4) is 16.9 Å². The van der Waals surface area contributed by atoms with E-state index in [4.69, 9.17) is 16.7 Å².